The average Bonchev–Trinajstić information content (AvgIpc) is 2.80. The molecule has 0 bridgehead atoms. The Morgan fingerprint density at radius 1 is 1.10 bits per heavy atom. The zero-order chi connectivity index (χ0) is 14.1. The molecule has 0 saturated heterocycles. The molecule has 0 atom stereocenters. The summed E-state index contributed by atoms with van der Waals surface area (Å²) in [5, 5.41) is 0. The molecule has 20 heavy (non-hydrogen) atoms. The molecule has 0 aliphatic heterocycles. The summed E-state index contributed by atoms with van der Waals surface area (Å²) >= 11 is 13.1. The van der Waals surface area contributed by atoms with E-state index in [-0.39, 0.29) is 0 Å². The van der Waals surface area contributed by atoms with Crippen molar-refractivity contribution in [2.45, 2.75) is 6.42 Å². The maximum absolute atomic E-state index is 5.92. The Labute approximate surface area is 139 Å². The zero-order valence-electron chi connectivity index (χ0n) is 10.5. The topological polar surface area (TPSA) is 17.8 Å². The highest BCUT2D eigenvalue weighted by Gasteiger charge is 2.14. The lowest BCUT2D eigenvalue weighted by molar-refractivity contribution is 0.909. The number of benzene rings is 2. The van der Waals surface area contributed by atoms with Gasteiger partial charge in [-0.3, -0.25) is 4.57 Å². The number of hydrogen-bond donors (Lipinski definition) is 0. The van der Waals surface area contributed by atoms with Crippen molar-refractivity contribution in [2.75, 3.05) is 5.88 Å². The van der Waals surface area contributed by atoms with Gasteiger partial charge in [0.05, 0.1) is 16.7 Å². The van der Waals surface area contributed by atoms with Crippen LogP contribution in [-0.4, -0.2) is 15.4 Å². The van der Waals surface area contributed by atoms with Gasteiger partial charge in [-0.2, -0.15) is 0 Å². The van der Waals surface area contributed by atoms with Gasteiger partial charge in [0, 0.05) is 21.2 Å². The highest BCUT2D eigenvalue weighted by molar-refractivity contribution is 9.11. The van der Waals surface area contributed by atoms with Crippen molar-refractivity contribution >= 4 is 54.5 Å². The predicted molar refractivity (Wildman–Crippen MR) is 90.9 cm³/mol. The van der Waals surface area contributed by atoms with Gasteiger partial charge in [0.1, 0.15) is 5.82 Å². The van der Waals surface area contributed by atoms with Crippen molar-refractivity contribution in [3.05, 3.63) is 57.2 Å². The van der Waals surface area contributed by atoms with Crippen LogP contribution in [-0.2, 0) is 6.42 Å². The van der Waals surface area contributed by atoms with E-state index in [0.717, 1.165) is 37.9 Å². The quantitative estimate of drug-likeness (QED) is 0.530. The normalized spacial score (nSPS) is 11.2. The van der Waals surface area contributed by atoms with Crippen molar-refractivity contribution in [3.63, 3.8) is 0 Å². The number of rotatable bonds is 3. The summed E-state index contributed by atoms with van der Waals surface area (Å²) in [6, 6.07) is 14.2. The number of fused-ring (bicyclic) bond motifs is 1. The van der Waals surface area contributed by atoms with E-state index in [1.54, 1.807) is 0 Å². The third kappa shape index (κ3) is 2.52. The van der Waals surface area contributed by atoms with Crippen LogP contribution in [0.15, 0.2) is 51.4 Å². The second-order valence-electron chi connectivity index (χ2n) is 4.39. The van der Waals surface area contributed by atoms with E-state index in [9.17, 15) is 0 Å². The second-order valence-corrected chi connectivity index (χ2v) is 6.53. The Hall–Kier alpha value is -0.840. The number of imidazole rings is 1. The van der Waals surface area contributed by atoms with Gasteiger partial charge in [-0.05, 0) is 46.3 Å². The molecule has 2 aromatic carbocycles. The number of nitrogens with zero attached hydrogens (tertiary/aromatic N) is 2. The standard InChI is InChI=1S/C15H11Br2ClN2/c16-10-5-6-11(17)14(9-10)20-13-4-2-1-3-12(13)19-15(20)7-8-18/h1-6,9H,7-8H2. The molecule has 0 fully saturated rings. The van der Waals surface area contributed by atoms with Crippen LogP contribution < -0.4 is 0 Å². The first kappa shape index (κ1) is 14.1. The van der Waals surface area contributed by atoms with Gasteiger partial charge in [0.2, 0.25) is 0 Å². The van der Waals surface area contributed by atoms with Crippen LogP contribution in [0.25, 0.3) is 16.7 Å². The van der Waals surface area contributed by atoms with Gasteiger partial charge in [-0.1, -0.05) is 28.1 Å². The maximum Gasteiger partial charge on any atom is 0.115 e. The lowest BCUT2D eigenvalue weighted by atomic mass is 10.2. The smallest absolute Gasteiger partial charge is 0.115 e. The lowest BCUT2D eigenvalue weighted by Crippen LogP contribution is -2.03. The molecule has 0 aliphatic rings. The molecular weight excluding hydrogens is 403 g/mol. The molecule has 0 amide bonds. The van der Waals surface area contributed by atoms with Crippen LogP contribution in [0.2, 0.25) is 0 Å². The fraction of sp³-hybridized carbons (Fsp3) is 0.133. The highest BCUT2D eigenvalue weighted by Crippen LogP contribution is 2.30. The minimum absolute atomic E-state index is 0.551. The molecule has 3 aromatic rings. The number of hydrogen-bond acceptors (Lipinski definition) is 1. The first-order chi connectivity index (χ1) is 9.70. The number of halogens is 3. The van der Waals surface area contributed by atoms with E-state index in [2.05, 4.69) is 48.6 Å². The van der Waals surface area contributed by atoms with Crippen molar-refractivity contribution < 1.29 is 0 Å². The second kappa shape index (κ2) is 5.88. The van der Waals surface area contributed by atoms with E-state index in [4.69, 9.17) is 16.6 Å². The van der Waals surface area contributed by atoms with Crippen molar-refractivity contribution in [2.24, 2.45) is 0 Å². The molecule has 1 heterocycles. The Morgan fingerprint density at radius 3 is 2.70 bits per heavy atom. The predicted octanol–water partition coefficient (Wildman–Crippen LogP) is 5.33. The Morgan fingerprint density at radius 2 is 1.90 bits per heavy atom. The zero-order valence-corrected chi connectivity index (χ0v) is 14.4. The molecule has 0 unspecified atom stereocenters. The van der Waals surface area contributed by atoms with Crippen molar-refractivity contribution in [1.29, 1.82) is 0 Å². The van der Waals surface area contributed by atoms with Crippen LogP contribution >= 0.6 is 43.5 Å². The van der Waals surface area contributed by atoms with E-state index >= 15 is 0 Å². The largest absolute Gasteiger partial charge is 0.295 e. The van der Waals surface area contributed by atoms with E-state index in [1.165, 1.54) is 0 Å². The molecule has 5 heteroatoms. The van der Waals surface area contributed by atoms with Crippen molar-refractivity contribution in [3.8, 4) is 5.69 Å². The summed E-state index contributed by atoms with van der Waals surface area (Å²) in [6.45, 7) is 0. The summed E-state index contributed by atoms with van der Waals surface area (Å²) in [7, 11) is 0. The molecule has 0 radical (unpaired) electrons. The Bertz CT molecular complexity index is 768. The van der Waals surface area contributed by atoms with Crippen LogP contribution in [0.1, 0.15) is 5.82 Å². The summed E-state index contributed by atoms with van der Waals surface area (Å²) in [6.07, 6.45) is 0.731. The SMILES string of the molecule is ClCCc1nc2ccccc2n1-c1cc(Br)ccc1Br. The van der Waals surface area contributed by atoms with E-state index < -0.39 is 0 Å². The first-order valence-electron chi connectivity index (χ1n) is 6.18. The molecule has 0 N–H and O–H groups in total. The number of aromatic nitrogens is 2. The van der Waals surface area contributed by atoms with E-state index in [0.29, 0.717) is 5.88 Å². The molecular formula is C15H11Br2ClN2. The average molecular weight is 415 g/mol. The fourth-order valence-corrected chi connectivity index (χ4v) is 3.20. The molecule has 2 nitrogen and oxygen atoms in total. The number of para-hydroxylation sites is 2. The molecule has 1 aromatic heterocycles. The van der Waals surface area contributed by atoms with Crippen molar-refractivity contribution in [1.82, 2.24) is 9.55 Å². The highest BCUT2D eigenvalue weighted by atomic mass is 79.9. The molecule has 0 aliphatic carbocycles. The van der Waals surface area contributed by atoms with Gasteiger partial charge >= 0.3 is 0 Å². The van der Waals surface area contributed by atoms with Gasteiger partial charge in [-0.15, -0.1) is 11.6 Å². The molecule has 3 rings (SSSR count). The molecule has 102 valence electrons. The van der Waals surface area contributed by atoms with Crippen LogP contribution in [0.5, 0.6) is 0 Å². The minimum atomic E-state index is 0.551. The number of alkyl halides is 1. The fourth-order valence-electron chi connectivity index (χ4n) is 2.25. The monoisotopic (exact) mass is 412 g/mol. The van der Waals surface area contributed by atoms with Gasteiger partial charge < -0.3 is 0 Å². The Balaban J connectivity index is 2.33. The third-order valence-corrected chi connectivity index (χ3v) is 4.45. The van der Waals surface area contributed by atoms with Gasteiger partial charge in [0.25, 0.3) is 0 Å². The summed E-state index contributed by atoms with van der Waals surface area (Å²) < 4.78 is 4.22. The number of aryl methyl sites for hydroxylation is 1. The third-order valence-electron chi connectivity index (χ3n) is 3.10. The van der Waals surface area contributed by atoms with Gasteiger partial charge in [-0.25, -0.2) is 4.98 Å². The first-order valence-corrected chi connectivity index (χ1v) is 8.30. The Kier molecular flexibility index (Phi) is 4.15. The lowest BCUT2D eigenvalue weighted by Gasteiger charge is -2.11. The van der Waals surface area contributed by atoms with Crippen LogP contribution in [0.3, 0.4) is 0 Å². The summed E-state index contributed by atoms with van der Waals surface area (Å²) in [5.74, 6) is 1.52. The molecule has 0 saturated carbocycles. The maximum atomic E-state index is 5.92. The minimum Gasteiger partial charge on any atom is -0.295 e. The van der Waals surface area contributed by atoms with Crippen LogP contribution in [0.4, 0.5) is 0 Å². The molecule has 0 spiro atoms. The van der Waals surface area contributed by atoms with Crippen LogP contribution in [0, 0.1) is 0 Å². The summed E-state index contributed by atoms with van der Waals surface area (Å²) in [5.41, 5.74) is 3.14. The van der Waals surface area contributed by atoms with Gasteiger partial charge in [0.15, 0.2) is 0 Å². The summed E-state index contributed by atoms with van der Waals surface area (Å²) in [4.78, 5) is 4.69. The van der Waals surface area contributed by atoms with E-state index in [1.807, 2.05) is 30.3 Å².